The van der Waals surface area contributed by atoms with Gasteiger partial charge in [-0.15, -0.1) is 11.3 Å². The maximum absolute atomic E-state index is 12.3. The molecule has 3 aromatic carbocycles. The summed E-state index contributed by atoms with van der Waals surface area (Å²) in [5.74, 6) is -0.0557. The molecule has 172 valence electrons. The van der Waals surface area contributed by atoms with E-state index in [-0.39, 0.29) is 28.3 Å². The molecule has 0 aliphatic carbocycles. The highest BCUT2D eigenvalue weighted by molar-refractivity contribution is 7.13. The van der Waals surface area contributed by atoms with Gasteiger partial charge in [0, 0.05) is 28.1 Å². The standard InChI is InChI=1S/C23H14F2N2O6S/c24-22(25)32-15-8-5-13(6-9-15)18-12-34-21(26-18)14-7-10-17(20(11-14)33-23(28)29)16-3-1-2-4-19(16)27(30)31/h1-12,22H,(H,28,29). The molecule has 8 nitrogen and oxygen atoms in total. The summed E-state index contributed by atoms with van der Waals surface area (Å²) in [5.41, 5.74) is 2.04. The summed E-state index contributed by atoms with van der Waals surface area (Å²) in [7, 11) is 0. The Morgan fingerprint density at radius 2 is 1.74 bits per heavy atom. The Labute approximate surface area is 194 Å². The third-order valence-corrected chi connectivity index (χ3v) is 5.59. The third kappa shape index (κ3) is 4.99. The predicted molar refractivity (Wildman–Crippen MR) is 120 cm³/mol. The van der Waals surface area contributed by atoms with Crippen molar-refractivity contribution < 1.29 is 33.1 Å². The molecular weight excluding hydrogens is 470 g/mol. The summed E-state index contributed by atoms with van der Waals surface area (Å²) in [5, 5.41) is 22.9. The van der Waals surface area contributed by atoms with Gasteiger partial charge in [0.25, 0.3) is 5.69 Å². The fourth-order valence-corrected chi connectivity index (χ4v) is 4.09. The van der Waals surface area contributed by atoms with Crippen molar-refractivity contribution in [2.75, 3.05) is 0 Å². The van der Waals surface area contributed by atoms with Crippen LogP contribution in [-0.4, -0.2) is 27.8 Å². The average Bonchev–Trinajstić information content (AvgIpc) is 3.29. The summed E-state index contributed by atoms with van der Waals surface area (Å²) < 4.78 is 33.9. The number of halogens is 2. The summed E-state index contributed by atoms with van der Waals surface area (Å²) in [6.07, 6.45) is -1.57. The van der Waals surface area contributed by atoms with Crippen LogP contribution in [0.2, 0.25) is 0 Å². The number of benzene rings is 3. The molecule has 0 aliphatic rings. The Morgan fingerprint density at radius 1 is 1.03 bits per heavy atom. The van der Waals surface area contributed by atoms with Crippen molar-refractivity contribution in [2.24, 2.45) is 0 Å². The Bertz CT molecular complexity index is 1360. The Kier molecular flexibility index (Phi) is 6.46. The van der Waals surface area contributed by atoms with Gasteiger partial charge < -0.3 is 14.6 Å². The zero-order valence-corrected chi connectivity index (χ0v) is 17.9. The smallest absolute Gasteiger partial charge is 0.449 e. The van der Waals surface area contributed by atoms with Crippen LogP contribution in [-0.2, 0) is 0 Å². The number of nitro benzene ring substituents is 1. The molecule has 0 saturated carbocycles. The quantitative estimate of drug-likeness (QED) is 0.134. The van der Waals surface area contributed by atoms with Gasteiger partial charge in [0.2, 0.25) is 0 Å². The minimum absolute atomic E-state index is 0.0234. The average molecular weight is 484 g/mol. The molecule has 11 heteroatoms. The van der Waals surface area contributed by atoms with E-state index >= 15 is 0 Å². The molecule has 0 saturated heterocycles. The summed E-state index contributed by atoms with van der Waals surface area (Å²) >= 11 is 1.28. The molecule has 1 aromatic heterocycles. The maximum atomic E-state index is 12.3. The number of carbonyl (C=O) groups is 1. The van der Waals surface area contributed by atoms with E-state index in [1.54, 1.807) is 29.6 Å². The number of ether oxygens (including phenoxy) is 2. The fraction of sp³-hybridized carbons (Fsp3) is 0.0435. The van der Waals surface area contributed by atoms with E-state index in [0.717, 1.165) is 0 Å². The molecule has 0 fully saturated rings. The van der Waals surface area contributed by atoms with E-state index in [4.69, 9.17) is 4.74 Å². The normalized spacial score (nSPS) is 10.8. The number of hydrogen-bond acceptors (Lipinski definition) is 7. The van der Waals surface area contributed by atoms with Crippen molar-refractivity contribution in [1.29, 1.82) is 0 Å². The largest absolute Gasteiger partial charge is 0.511 e. The van der Waals surface area contributed by atoms with E-state index in [2.05, 4.69) is 9.72 Å². The van der Waals surface area contributed by atoms with Gasteiger partial charge in [-0.25, -0.2) is 9.78 Å². The van der Waals surface area contributed by atoms with Crippen LogP contribution in [0.25, 0.3) is 33.0 Å². The number of para-hydroxylation sites is 1. The van der Waals surface area contributed by atoms with Gasteiger partial charge in [-0.05, 0) is 42.5 Å². The lowest BCUT2D eigenvalue weighted by molar-refractivity contribution is -0.384. The lowest BCUT2D eigenvalue weighted by Crippen LogP contribution is -2.05. The van der Waals surface area contributed by atoms with Crippen LogP contribution < -0.4 is 9.47 Å². The molecule has 0 radical (unpaired) electrons. The Morgan fingerprint density at radius 3 is 2.41 bits per heavy atom. The number of aromatic nitrogens is 1. The van der Waals surface area contributed by atoms with Crippen LogP contribution in [0.4, 0.5) is 19.3 Å². The maximum Gasteiger partial charge on any atom is 0.511 e. The minimum Gasteiger partial charge on any atom is -0.449 e. The molecule has 0 aliphatic heterocycles. The molecule has 0 atom stereocenters. The van der Waals surface area contributed by atoms with Gasteiger partial charge in [-0.2, -0.15) is 8.78 Å². The molecule has 34 heavy (non-hydrogen) atoms. The number of rotatable bonds is 7. The van der Waals surface area contributed by atoms with Crippen molar-refractivity contribution in [1.82, 2.24) is 4.98 Å². The van der Waals surface area contributed by atoms with Gasteiger partial charge in [0.1, 0.15) is 16.5 Å². The molecule has 4 aromatic rings. The van der Waals surface area contributed by atoms with Crippen molar-refractivity contribution >= 4 is 23.2 Å². The molecule has 0 unspecified atom stereocenters. The molecular formula is C23H14F2N2O6S. The van der Waals surface area contributed by atoms with Crippen LogP contribution in [0.5, 0.6) is 11.5 Å². The number of nitrogens with zero attached hydrogens (tertiary/aromatic N) is 2. The zero-order valence-electron chi connectivity index (χ0n) is 17.1. The molecule has 0 amide bonds. The van der Waals surface area contributed by atoms with Gasteiger partial charge in [0.15, 0.2) is 0 Å². The number of carboxylic acid groups (broad SMARTS) is 1. The third-order valence-electron chi connectivity index (χ3n) is 4.70. The highest BCUT2D eigenvalue weighted by Gasteiger charge is 2.20. The number of hydrogen-bond donors (Lipinski definition) is 1. The molecule has 0 bridgehead atoms. The highest BCUT2D eigenvalue weighted by Crippen LogP contribution is 2.40. The topological polar surface area (TPSA) is 112 Å². The van der Waals surface area contributed by atoms with Gasteiger partial charge in [-0.3, -0.25) is 10.1 Å². The van der Waals surface area contributed by atoms with E-state index in [9.17, 15) is 28.8 Å². The second-order valence-electron chi connectivity index (χ2n) is 6.79. The van der Waals surface area contributed by atoms with E-state index in [1.807, 2.05) is 0 Å². The van der Waals surface area contributed by atoms with Crippen LogP contribution in [0.15, 0.2) is 72.1 Å². The van der Waals surface area contributed by atoms with Crippen LogP contribution in [0.1, 0.15) is 0 Å². The lowest BCUT2D eigenvalue weighted by atomic mass is 10.0. The van der Waals surface area contributed by atoms with E-state index in [0.29, 0.717) is 21.8 Å². The lowest BCUT2D eigenvalue weighted by Gasteiger charge is -2.10. The first-order valence-corrected chi connectivity index (χ1v) is 10.5. The molecule has 1 N–H and O–H groups in total. The SMILES string of the molecule is O=C(O)Oc1cc(-c2nc(-c3ccc(OC(F)F)cc3)cs2)ccc1-c1ccccc1[N+](=O)[O-]. The van der Waals surface area contributed by atoms with Crippen molar-refractivity contribution in [2.45, 2.75) is 6.61 Å². The van der Waals surface area contributed by atoms with E-state index < -0.39 is 17.7 Å². The van der Waals surface area contributed by atoms with Crippen LogP contribution in [0, 0.1) is 10.1 Å². The monoisotopic (exact) mass is 484 g/mol. The first-order valence-electron chi connectivity index (χ1n) is 9.61. The summed E-state index contributed by atoms with van der Waals surface area (Å²) in [6.45, 7) is -2.92. The minimum atomic E-state index is -2.92. The second kappa shape index (κ2) is 9.63. The Hall–Kier alpha value is -4.38. The van der Waals surface area contributed by atoms with Gasteiger partial charge in [-0.1, -0.05) is 18.2 Å². The number of alkyl halides is 2. The highest BCUT2D eigenvalue weighted by atomic mass is 32.1. The van der Waals surface area contributed by atoms with E-state index in [1.165, 1.54) is 53.8 Å². The first kappa shape index (κ1) is 22.8. The molecule has 1 heterocycles. The molecule has 0 spiro atoms. The molecule has 4 rings (SSSR count). The Balaban J connectivity index is 1.69. The van der Waals surface area contributed by atoms with Gasteiger partial charge >= 0.3 is 12.8 Å². The zero-order chi connectivity index (χ0) is 24.2. The van der Waals surface area contributed by atoms with Crippen molar-refractivity contribution in [3.8, 4) is 44.5 Å². The summed E-state index contributed by atoms with van der Waals surface area (Å²) in [6, 6.07) is 16.6. The fourth-order valence-electron chi connectivity index (χ4n) is 3.26. The predicted octanol–water partition coefficient (Wildman–Crippen LogP) is 6.71. The second-order valence-corrected chi connectivity index (χ2v) is 7.65. The van der Waals surface area contributed by atoms with Crippen LogP contribution >= 0.6 is 11.3 Å². The van der Waals surface area contributed by atoms with Crippen molar-refractivity contribution in [3.63, 3.8) is 0 Å². The van der Waals surface area contributed by atoms with Crippen LogP contribution in [0.3, 0.4) is 0 Å². The van der Waals surface area contributed by atoms with Crippen molar-refractivity contribution in [3.05, 3.63) is 82.2 Å². The first-order chi connectivity index (χ1) is 16.3. The number of nitro groups is 1. The van der Waals surface area contributed by atoms with Gasteiger partial charge in [0.05, 0.1) is 16.2 Å². The summed E-state index contributed by atoms with van der Waals surface area (Å²) in [4.78, 5) is 26.7. The number of thiazole rings is 1.